The maximum Gasteiger partial charge on any atom is 0.324 e. The highest BCUT2D eigenvalue weighted by atomic mass is 16.2. The minimum absolute atomic E-state index is 0.156. The van der Waals surface area contributed by atoms with Gasteiger partial charge >= 0.3 is 6.03 Å². The van der Waals surface area contributed by atoms with Gasteiger partial charge in [-0.2, -0.15) is 0 Å². The van der Waals surface area contributed by atoms with E-state index in [0.717, 1.165) is 23.9 Å². The Hall–Kier alpha value is -2.34. The third kappa shape index (κ3) is 2.75. The summed E-state index contributed by atoms with van der Waals surface area (Å²) in [6, 6.07) is 5.92. The Morgan fingerprint density at radius 1 is 1.24 bits per heavy atom. The van der Waals surface area contributed by atoms with Crippen molar-refractivity contribution in [2.45, 2.75) is 12.8 Å². The van der Waals surface area contributed by atoms with Gasteiger partial charge in [-0.05, 0) is 42.6 Å². The predicted octanol–water partition coefficient (Wildman–Crippen LogP) is 0.763. The van der Waals surface area contributed by atoms with E-state index in [4.69, 9.17) is 5.73 Å². The average molecular weight is 286 g/mol. The minimum Gasteiger partial charge on any atom is -0.361 e. The van der Waals surface area contributed by atoms with Gasteiger partial charge in [-0.15, -0.1) is 0 Å². The Labute approximate surface area is 122 Å². The molecular formula is C15H18N4O2. The lowest BCUT2D eigenvalue weighted by Gasteiger charge is -2.12. The molecule has 0 radical (unpaired) electrons. The van der Waals surface area contributed by atoms with E-state index in [2.05, 4.69) is 16.4 Å². The number of fused-ring (bicyclic) bond motifs is 1. The van der Waals surface area contributed by atoms with Crippen molar-refractivity contribution in [1.82, 2.24) is 15.2 Å². The van der Waals surface area contributed by atoms with Gasteiger partial charge in [0.25, 0.3) is 0 Å². The summed E-state index contributed by atoms with van der Waals surface area (Å²) in [6.45, 7) is 1.32. The molecule has 1 aromatic carbocycles. The average Bonchev–Trinajstić information content (AvgIpc) is 3.00. The van der Waals surface area contributed by atoms with E-state index in [0.29, 0.717) is 13.1 Å². The van der Waals surface area contributed by atoms with Crippen LogP contribution in [0.2, 0.25) is 0 Å². The van der Waals surface area contributed by atoms with Crippen LogP contribution in [0.3, 0.4) is 0 Å². The molecule has 3 amide bonds. The molecule has 0 unspecified atom stereocenters. The number of rotatable bonds is 5. The second-order valence-corrected chi connectivity index (χ2v) is 5.26. The summed E-state index contributed by atoms with van der Waals surface area (Å²) >= 11 is 0. The summed E-state index contributed by atoms with van der Waals surface area (Å²) < 4.78 is 0. The number of nitrogens with one attached hydrogen (secondary N) is 2. The molecule has 3 rings (SSSR count). The summed E-state index contributed by atoms with van der Waals surface area (Å²) in [5.74, 6) is -0.230. The quantitative estimate of drug-likeness (QED) is 0.709. The maximum atomic E-state index is 11.5. The first-order chi connectivity index (χ1) is 10.2. The van der Waals surface area contributed by atoms with E-state index in [9.17, 15) is 9.59 Å². The van der Waals surface area contributed by atoms with Crippen molar-refractivity contribution in [3.8, 4) is 0 Å². The minimum atomic E-state index is -0.299. The van der Waals surface area contributed by atoms with E-state index >= 15 is 0 Å². The van der Waals surface area contributed by atoms with E-state index in [1.807, 2.05) is 18.3 Å². The zero-order valence-corrected chi connectivity index (χ0v) is 11.7. The first-order valence-electron chi connectivity index (χ1n) is 7.05. The summed E-state index contributed by atoms with van der Waals surface area (Å²) in [4.78, 5) is 27.4. The first-order valence-corrected chi connectivity index (χ1v) is 7.05. The topological polar surface area (TPSA) is 91.2 Å². The lowest BCUT2D eigenvalue weighted by molar-refractivity contribution is -0.118. The van der Waals surface area contributed by atoms with Crippen LogP contribution in [0, 0.1) is 0 Å². The molecule has 6 heteroatoms. The highest BCUT2D eigenvalue weighted by Crippen LogP contribution is 2.20. The molecule has 0 bridgehead atoms. The van der Waals surface area contributed by atoms with E-state index in [1.165, 1.54) is 15.8 Å². The molecule has 2 aromatic rings. The molecule has 2 heterocycles. The zero-order chi connectivity index (χ0) is 14.8. The van der Waals surface area contributed by atoms with Gasteiger partial charge in [0.15, 0.2) is 0 Å². The Kier molecular flexibility index (Phi) is 3.62. The molecule has 6 nitrogen and oxygen atoms in total. The highest BCUT2D eigenvalue weighted by molar-refractivity contribution is 6.01. The summed E-state index contributed by atoms with van der Waals surface area (Å²) in [5.41, 5.74) is 9.07. The molecule has 0 saturated carbocycles. The van der Waals surface area contributed by atoms with Gasteiger partial charge in [-0.25, -0.2) is 4.79 Å². The lowest BCUT2D eigenvalue weighted by atomic mass is 10.1. The van der Waals surface area contributed by atoms with Crippen LogP contribution < -0.4 is 11.1 Å². The number of carbonyl (C=O) groups excluding carboxylic acids is 2. The van der Waals surface area contributed by atoms with Crippen LogP contribution in [0.1, 0.15) is 11.1 Å². The van der Waals surface area contributed by atoms with E-state index < -0.39 is 0 Å². The largest absolute Gasteiger partial charge is 0.361 e. The summed E-state index contributed by atoms with van der Waals surface area (Å²) in [5, 5.41) is 3.46. The predicted molar refractivity (Wildman–Crippen MR) is 79.9 cm³/mol. The number of nitrogens with two attached hydrogens (primary N) is 1. The number of urea groups is 1. The summed E-state index contributed by atoms with van der Waals surface area (Å²) in [7, 11) is 0. The van der Waals surface area contributed by atoms with Crippen molar-refractivity contribution in [3.63, 3.8) is 0 Å². The van der Waals surface area contributed by atoms with Crippen molar-refractivity contribution < 1.29 is 9.59 Å². The molecule has 1 aromatic heterocycles. The number of benzene rings is 1. The smallest absolute Gasteiger partial charge is 0.324 e. The number of hydrogen-bond donors (Lipinski definition) is 3. The molecule has 1 fully saturated rings. The normalized spacial score (nSPS) is 15.0. The Balaban J connectivity index is 1.73. The Bertz CT molecular complexity index is 692. The highest BCUT2D eigenvalue weighted by Gasteiger charge is 2.25. The van der Waals surface area contributed by atoms with Gasteiger partial charge in [0.2, 0.25) is 5.91 Å². The molecule has 0 atom stereocenters. The molecular weight excluding hydrogens is 268 g/mol. The van der Waals surface area contributed by atoms with Crippen molar-refractivity contribution in [2.75, 3.05) is 19.6 Å². The number of aromatic amines is 1. The number of H-pyrrole nitrogens is 1. The van der Waals surface area contributed by atoms with Gasteiger partial charge in [-0.1, -0.05) is 6.07 Å². The van der Waals surface area contributed by atoms with E-state index in [1.54, 1.807) is 0 Å². The van der Waals surface area contributed by atoms with Gasteiger partial charge in [0.1, 0.15) is 6.54 Å². The fourth-order valence-electron chi connectivity index (χ4n) is 2.67. The van der Waals surface area contributed by atoms with Crippen molar-refractivity contribution in [2.24, 2.45) is 5.73 Å². The fraction of sp³-hybridized carbons (Fsp3) is 0.333. The first kappa shape index (κ1) is 13.6. The fourth-order valence-corrected chi connectivity index (χ4v) is 2.67. The van der Waals surface area contributed by atoms with Crippen LogP contribution in [0.5, 0.6) is 0 Å². The third-order valence-electron chi connectivity index (χ3n) is 3.78. The Morgan fingerprint density at radius 3 is 2.81 bits per heavy atom. The van der Waals surface area contributed by atoms with Crippen LogP contribution >= 0.6 is 0 Å². The molecule has 0 spiro atoms. The summed E-state index contributed by atoms with van der Waals surface area (Å²) in [6.07, 6.45) is 3.56. The van der Waals surface area contributed by atoms with Crippen molar-refractivity contribution in [3.05, 3.63) is 35.5 Å². The van der Waals surface area contributed by atoms with Crippen LogP contribution in [-0.4, -0.2) is 41.5 Å². The number of aromatic nitrogens is 1. The van der Waals surface area contributed by atoms with Gasteiger partial charge in [0, 0.05) is 23.6 Å². The van der Waals surface area contributed by atoms with Gasteiger partial charge < -0.3 is 15.6 Å². The number of hydrogen-bond acceptors (Lipinski definition) is 3. The third-order valence-corrected chi connectivity index (χ3v) is 3.78. The maximum absolute atomic E-state index is 11.5. The van der Waals surface area contributed by atoms with E-state index in [-0.39, 0.29) is 18.5 Å². The molecule has 1 aliphatic rings. The van der Waals surface area contributed by atoms with Crippen LogP contribution in [-0.2, 0) is 17.6 Å². The van der Waals surface area contributed by atoms with Crippen molar-refractivity contribution in [1.29, 1.82) is 0 Å². The SMILES string of the molecule is NCCc1c[nH]c2ccc(CCN3CC(=O)NC3=O)cc12. The molecule has 4 N–H and O–H groups in total. The molecule has 21 heavy (non-hydrogen) atoms. The van der Waals surface area contributed by atoms with Gasteiger partial charge in [-0.3, -0.25) is 10.1 Å². The molecule has 0 aliphatic carbocycles. The molecule has 1 aliphatic heterocycles. The monoisotopic (exact) mass is 286 g/mol. The zero-order valence-electron chi connectivity index (χ0n) is 11.7. The molecule has 1 saturated heterocycles. The van der Waals surface area contributed by atoms with Crippen molar-refractivity contribution >= 4 is 22.8 Å². The second kappa shape index (κ2) is 5.57. The van der Waals surface area contributed by atoms with Crippen LogP contribution in [0.15, 0.2) is 24.4 Å². The number of imide groups is 1. The Morgan fingerprint density at radius 2 is 2.10 bits per heavy atom. The van der Waals surface area contributed by atoms with Gasteiger partial charge in [0.05, 0.1) is 0 Å². The van der Waals surface area contributed by atoms with Crippen LogP contribution in [0.25, 0.3) is 10.9 Å². The standard InChI is InChI=1S/C15H18N4O2/c16-5-3-11-8-17-13-2-1-10(7-12(11)13)4-6-19-9-14(20)18-15(19)21/h1-2,7-8,17H,3-6,9,16H2,(H,18,20,21). The van der Waals surface area contributed by atoms with Crippen LogP contribution in [0.4, 0.5) is 4.79 Å². The molecule has 110 valence electrons. The lowest BCUT2D eigenvalue weighted by Crippen LogP contribution is -2.30. The number of nitrogens with zero attached hydrogens (tertiary/aromatic N) is 1. The second-order valence-electron chi connectivity index (χ2n) is 5.26. The number of carbonyl (C=O) groups is 2. The number of amides is 3.